The third-order valence-electron chi connectivity index (χ3n) is 2.25. The molecule has 0 saturated heterocycles. The van der Waals surface area contributed by atoms with Gasteiger partial charge in [-0.3, -0.25) is 4.79 Å². The van der Waals surface area contributed by atoms with E-state index in [0.717, 1.165) is 0 Å². The smallest absolute Gasteiger partial charge is 0.332 e. The maximum Gasteiger partial charge on any atom is 0.332 e. The maximum absolute atomic E-state index is 11.3. The van der Waals surface area contributed by atoms with Gasteiger partial charge in [0.2, 0.25) is 5.91 Å². The van der Waals surface area contributed by atoms with Crippen LogP contribution in [0, 0.1) is 5.92 Å². The molecule has 72 valence electrons. The fourth-order valence-electron chi connectivity index (χ4n) is 1.50. The molecule has 1 rings (SSSR count). The summed E-state index contributed by atoms with van der Waals surface area (Å²) in [5.41, 5.74) is -0.831. The van der Waals surface area contributed by atoms with Gasteiger partial charge in [-0.2, -0.15) is 0 Å². The molecule has 0 aromatic carbocycles. The number of carbonyl (C=O) groups excluding carboxylic acids is 2. The number of carbonyl (C=O) groups is 2. The minimum absolute atomic E-state index is 0.00356. The lowest BCUT2D eigenvalue weighted by molar-refractivity contribution is -0.146. The highest BCUT2D eigenvalue weighted by atomic mass is 16.5. The van der Waals surface area contributed by atoms with Crippen molar-refractivity contribution in [1.29, 1.82) is 0 Å². The molecule has 0 aromatic heterocycles. The van der Waals surface area contributed by atoms with E-state index >= 15 is 0 Å². The number of rotatable bonds is 3. The third kappa shape index (κ3) is 1.56. The number of nitrogens with one attached hydrogen (secondary N) is 1. The van der Waals surface area contributed by atoms with Crippen LogP contribution in [0.5, 0.6) is 0 Å². The zero-order valence-electron chi connectivity index (χ0n) is 7.79. The van der Waals surface area contributed by atoms with E-state index in [9.17, 15) is 9.59 Å². The molecule has 4 heteroatoms. The van der Waals surface area contributed by atoms with Crippen LogP contribution >= 0.6 is 0 Å². The average Bonchev–Trinajstić information content (AvgIpc) is 2.77. The molecule has 0 bridgehead atoms. The average molecular weight is 183 g/mol. The van der Waals surface area contributed by atoms with E-state index in [-0.39, 0.29) is 11.8 Å². The minimum Gasteiger partial charge on any atom is -0.467 e. The summed E-state index contributed by atoms with van der Waals surface area (Å²) in [6, 6.07) is 0. The van der Waals surface area contributed by atoms with E-state index in [1.54, 1.807) is 6.08 Å². The van der Waals surface area contributed by atoms with E-state index in [2.05, 4.69) is 16.6 Å². The Morgan fingerprint density at radius 3 is 2.62 bits per heavy atom. The quantitative estimate of drug-likeness (QED) is 0.503. The fourth-order valence-corrected chi connectivity index (χ4v) is 1.50. The molecule has 0 radical (unpaired) electrons. The molecule has 2 atom stereocenters. The second kappa shape index (κ2) is 3.20. The molecule has 0 aliphatic heterocycles. The van der Waals surface area contributed by atoms with Gasteiger partial charge in [-0.25, -0.2) is 4.79 Å². The van der Waals surface area contributed by atoms with Crippen LogP contribution in [0.25, 0.3) is 0 Å². The molecule has 0 aromatic rings. The molecular formula is C9H13NO3. The Hall–Kier alpha value is -1.32. The van der Waals surface area contributed by atoms with Crippen molar-refractivity contribution in [3.05, 3.63) is 12.7 Å². The lowest BCUT2D eigenvalue weighted by Gasteiger charge is -2.14. The van der Waals surface area contributed by atoms with Crippen LogP contribution in [0.2, 0.25) is 0 Å². The van der Waals surface area contributed by atoms with Gasteiger partial charge in [-0.15, -0.1) is 6.58 Å². The molecule has 1 N–H and O–H groups in total. The number of hydrogen-bond acceptors (Lipinski definition) is 3. The first-order chi connectivity index (χ1) is 6.06. The summed E-state index contributed by atoms with van der Waals surface area (Å²) in [5.74, 6) is -0.619. The van der Waals surface area contributed by atoms with Crippen molar-refractivity contribution in [1.82, 2.24) is 5.32 Å². The van der Waals surface area contributed by atoms with Gasteiger partial charge in [-0.05, 0) is 6.42 Å². The Morgan fingerprint density at radius 2 is 2.31 bits per heavy atom. The monoisotopic (exact) mass is 183 g/mol. The topological polar surface area (TPSA) is 55.4 Å². The fraction of sp³-hybridized carbons (Fsp3) is 0.556. The van der Waals surface area contributed by atoms with Crippen molar-refractivity contribution < 1.29 is 14.3 Å². The summed E-state index contributed by atoms with van der Waals surface area (Å²) in [5, 5.41) is 2.60. The lowest BCUT2D eigenvalue weighted by atomic mass is 10.2. The first-order valence-corrected chi connectivity index (χ1v) is 4.06. The van der Waals surface area contributed by atoms with Crippen molar-refractivity contribution >= 4 is 11.9 Å². The summed E-state index contributed by atoms with van der Waals surface area (Å²) in [6.45, 7) is 4.96. The van der Waals surface area contributed by atoms with E-state index in [4.69, 9.17) is 0 Å². The summed E-state index contributed by atoms with van der Waals surface area (Å²) in [4.78, 5) is 22.1. The molecule has 2 unspecified atom stereocenters. The van der Waals surface area contributed by atoms with Crippen LogP contribution in [0.3, 0.4) is 0 Å². The number of methoxy groups -OCH3 is 1. The predicted molar refractivity (Wildman–Crippen MR) is 46.9 cm³/mol. The molecule has 0 heterocycles. The summed E-state index contributed by atoms with van der Waals surface area (Å²) in [6.07, 6.45) is 2.25. The van der Waals surface area contributed by atoms with E-state index in [1.165, 1.54) is 14.0 Å². The van der Waals surface area contributed by atoms with Crippen LogP contribution < -0.4 is 5.32 Å². The summed E-state index contributed by atoms with van der Waals surface area (Å²) >= 11 is 0. The highest BCUT2D eigenvalue weighted by Gasteiger charge is 2.60. The molecular weight excluding hydrogens is 170 g/mol. The molecule has 1 aliphatic carbocycles. The highest BCUT2D eigenvalue weighted by molar-refractivity contribution is 5.91. The molecule has 1 fully saturated rings. The zero-order valence-corrected chi connectivity index (χ0v) is 7.79. The Morgan fingerprint density at radius 1 is 1.69 bits per heavy atom. The molecule has 0 spiro atoms. The van der Waals surface area contributed by atoms with Crippen LogP contribution in [0.4, 0.5) is 0 Å². The number of esters is 1. The zero-order chi connectivity index (χ0) is 10.1. The van der Waals surface area contributed by atoms with Crippen molar-refractivity contribution in [3.63, 3.8) is 0 Å². The van der Waals surface area contributed by atoms with Crippen molar-refractivity contribution in [3.8, 4) is 0 Å². The lowest BCUT2D eigenvalue weighted by Crippen LogP contribution is -2.44. The van der Waals surface area contributed by atoms with E-state index in [0.29, 0.717) is 6.42 Å². The first kappa shape index (κ1) is 9.77. The molecule has 1 amide bonds. The Kier molecular flexibility index (Phi) is 2.40. The van der Waals surface area contributed by atoms with Crippen LogP contribution in [0.1, 0.15) is 13.3 Å². The summed E-state index contributed by atoms with van der Waals surface area (Å²) in [7, 11) is 1.31. The molecule has 13 heavy (non-hydrogen) atoms. The Bertz CT molecular complexity index is 262. The predicted octanol–water partition coefficient (Wildman–Crippen LogP) is 0.240. The van der Waals surface area contributed by atoms with Gasteiger partial charge in [-0.1, -0.05) is 6.08 Å². The van der Waals surface area contributed by atoms with Gasteiger partial charge in [0.1, 0.15) is 5.54 Å². The molecule has 1 aliphatic rings. The highest BCUT2D eigenvalue weighted by Crippen LogP contribution is 2.45. The van der Waals surface area contributed by atoms with Gasteiger partial charge in [0.05, 0.1) is 7.11 Å². The Balaban J connectivity index is 2.74. The van der Waals surface area contributed by atoms with Crippen LogP contribution in [0.15, 0.2) is 12.7 Å². The van der Waals surface area contributed by atoms with Gasteiger partial charge in [0, 0.05) is 12.8 Å². The number of hydrogen-bond donors (Lipinski definition) is 1. The van der Waals surface area contributed by atoms with Crippen LogP contribution in [-0.4, -0.2) is 24.5 Å². The van der Waals surface area contributed by atoms with E-state index in [1.807, 2.05) is 0 Å². The second-order valence-electron chi connectivity index (χ2n) is 3.19. The summed E-state index contributed by atoms with van der Waals surface area (Å²) < 4.78 is 4.61. The minimum atomic E-state index is -0.831. The van der Waals surface area contributed by atoms with Crippen molar-refractivity contribution in [2.24, 2.45) is 5.92 Å². The normalized spacial score (nSPS) is 30.5. The SMILES string of the molecule is C=CC1CC1(NC(C)=O)C(=O)OC. The molecule has 4 nitrogen and oxygen atoms in total. The largest absolute Gasteiger partial charge is 0.467 e. The standard InChI is InChI=1S/C9H13NO3/c1-4-7-5-9(7,8(12)13-3)10-6(2)11/h4,7H,1,5H2,2-3H3,(H,10,11). The van der Waals surface area contributed by atoms with Crippen LogP contribution in [-0.2, 0) is 14.3 Å². The van der Waals surface area contributed by atoms with E-state index < -0.39 is 11.5 Å². The second-order valence-corrected chi connectivity index (χ2v) is 3.19. The Labute approximate surface area is 76.9 Å². The van der Waals surface area contributed by atoms with Crippen molar-refractivity contribution in [2.45, 2.75) is 18.9 Å². The first-order valence-electron chi connectivity index (χ1n) is 4.06. The van der Waals surface area contributed by atoms with Gasteiger partial charge < -0.3 is 10.1 Å². The number of ether oxygens (including phenoxy) is 1. The third-order valence-corrected chi connectivity index (χ3v) is 2.25. The van der Waals surface area contributed by atoms with Gasteiger partial charge in [0.15, 0.2) is 0 Å². The maximum atomic E-state index is 11.3. The van der Waals surface area contributed by atoms with Crippen molar-refractivity contribution in [2.75, 3.05) is 7.11 Å². The number of amides is 1. The van der Waals surface area contributed by atoms with Gasteiger partial charge >= 0.3 is 5.97 Å². The molecule has 1 saturated carbocycles. The van der Waals surface area contributed by atoms with Gasteiger partial charge in [0.25, 0.3) is 0 Å².